The molecule has 0 spiro atoms. The number of likely N-dealkylation sites (N-methyl/N-ethyl adjacent to an activating group) is 1. The lowest BCUT2D eigenvalue weighted by Gasteiger charge is -2.32. The Morgan fingerprint density at radius 3 is 2.56 bits per heavy atom. The van der Waals surface area contributed by atoms with Gasteiger partial charge in [-0.25, -0.2) is 4.39 Å². The Balaban J connectivity index is 1.39. The highest BCUT2D eigenvalue weighted by Crippen LogP contribution is 2.33. The van der Waals surface area contributed by atoms with Crippen molar-refractivity contribution in [3.8, 4) is 6.01 Å². The van der Waals surface area contributed by atoms with E-state index in [2.05, 4.69) is 47.3 Å². The summed E-state index contributed by atoms with van der Waals surface area (Å²) >= 11 is 0. The summed E-state index contributed by atoms with van der Waals surface area (Å²) in [6.45, 7) is 5.37. The van der Waals surface area contributed by atoms with Crippen LogP contribution in [-0.2, 0) is 0 Å². The molecule has 9 nitrogen and oxygen atoms in total. The first-order valence-corrected chi connectivity index (χ1v) is 11.1. The topological polar surface area (TPSA) is 91.1 Å². The minimum atomic E-state index is -0.353. The third-order valence-electron chi connectivity index (χ3n) is 5.96. The number of nitrogens with one attached hydrogen (secondary N) is 1. The molecule has 1 unspecified atom stereocenters. The van der Waals surface area contributed by atoms with Crippen molar-refractivity contribution >= 4 is 23.4 Å². The third kappa shape index (κ3) is 4.85. The molecular weight excluding hydrogens is 411 g/mol. The predicted molar refractivity (Wildman–Crippen MR) is 120 cm³/mol. The monoisotopic (exact) mass is 438 g/mol. The summed E-state index contributed by atoms with van der Waals surface area (Å²) in [5.74, 6) is 1.89. The molecular formula is C22H27FN8O. The fourth-order valence-electron chi connectivity index (χ4n) is 3.77. The number of hydrogen-bond acceptors (Lipinski definition) is 8. The van der Waals surface area contributed by atoms with Gasteiger partial charge in [0.2, 0.25) is 5.95 Å². The fourth-order valence-corrected chi connectivity index (χ4v) is 3.77. The number of halogens is 1. The number of hydrogen-bond donors (Lipinski definition) is 1. The number of amidine groups is 1. The smallest absolute Gasteiger partial charge is 0.323 e. The van der Waals surface area contributed by atoms with E-state index < -0.39 is 0 Å². The average Bonchev–Trinajstić information content (AvgIpc) is 3.53. The molecule has 1 atom stereocenters. The Labute approximate surface area is 186 Å². The minimum Gasteiger partial charge on any atom is -0.455 e. The maximum Gasteiger partial charge on any atom is 0.323 e. The SMILES string of the molecule is CC(Oc1nc(N=C2CC(C3CC3)=NN2)nc(N2CCN(C)CC2)n1)c1ccc(F)cc1. The number of ether oxygens (including phenoxy) is 1. The number of anilines is 1. The quantitative estimate of drug-likeness (QED) is 0.741. The van der Waals surface area contributed by atoms with Gasteiger partial charge in [-0.05, 0) is 50.4 Å². The van der Waals surface area contributed by atoms with E-state index in [-0.39, 0.29) is 17.9 Å². The van der Waals surface area contributed by atoms with Crippen LogP contribution in [0.2, 0.25) is 0 Å². The number of benzene rings is 1. The van der Waals surface area contributed by atoms with Crippen LogP contribution >= 0.6 is 0 Å². The van der Waals surface area contributed by atoms with E-state index in [1.165, 1.54) is 25.0 Å². The number of rotatable bonds is 6. The van der Waals surface area contributed by atoms with E-state index in [0.29, 0.717) is 24.2 Å². The summed E-state index contributed by atoms with van der Waals surface area (Å²) in [5, 5.41) is 4.40. The minimum absolute atomic E-state index is 0.200. The van der Waals surface area contributed by atoms with Crippen LogP contribution < -0.4 is 15.1 Å². The van der Waals surface area contributed by atoms with Crippen molar-refractivity contribution in [1.29, 1.82) is 0 Å². The lowest BCUT2D eigenvalue weighted by Crippen LogP contribution is -2.45. The van der Waals surface area contributed by atoms with Gasteiger partial charge in [-0.2, -0.15) is 25.0 Å². The van der Waals surface area contributed by atoms with E-state index in [4.69, 9.17) is 4.74 Å². The number of piperazine rings is 1. The zero-order valence-corrected chi connectivity index (χ0v) is 18.3. The van der Waals surface area contributed by atoms with Crippen molar-refractivity contribution in [3.05, 3.63) is 35.6 Å². The van der Waals surface area contributed by atoms with E-state index in [0.717, 1.165) is 43.3 Å². The molecule has 0 amide bonds. The largest absolute Gasteiger partial charge is 0.455 e. The van der Waals surface area contributed by atoms with E-state index in [9.17, 15) is 4.39 Å². The summed E-state index contributed by atoms with van der Waals surface area (Å²) in [6, 6.07) is 6.43. The highest BCUT2D eigenvalue weighted by Gasteiger charge is 2.31. The van der Waals surface area contributed by atoms with Gasteiger partial charge in [0.25, 0.3) is 5.95 Å². The Morgan fingerprint density at radius 2 is 1.84 bits per heavy atom. The van der Waals surface area contributed by atoms with E-state index >= 15 is 0 Å². The summed E-state index contributed by atoms with van der Waals surface area (Å²) < 4.78 is 19.3. The van der Waals surface area contributed by atoms with Crippen LogP contribution in [0, 0.1) is 11.7 Å². The standard InChI is InChI=1S/C22H27FN8O/c1-14(15-5-7-17(23)8-6-15)32-22-26-20(24-19-13-18(28-29-19)16-3-4-16)25-21(27-22)31-11-9-30(2)10-12-31/h5-8,14,16H,3-4,9-13H2,1-2H3,(H,24,25,26,27,29). The van der Waals surface area contributed by atoms with Crippen molar-refractivity contribution in [2.45, 2.75) is 32.3 Å². The molecule has 10 heteroatoms. The van der Waals surface area contributed by atoms with Gasteiger partial charge in [0.05, 0.1) is 0 Å². The maximum atomic E-state index is 13.3. The van der Waals surface area contributed by atoms with Crippen LogP contribution in [0.4, 0.5) is 16.3 Å². The predicted octanol–water partition coefficient (Wildman–Crippen LogP) is 2.69. The Hall–Kier alpha value is -3.14. The van der Waals surface area contributed by atoms with Gasteiger partial charge >= 0.3 is 6.01 Å². The second-order valence-corrected chi connectivity index (χ2v) is 8.54. The summed E-state index contributed by atoms with van der Waals surface area (Å²) in [7, 11) is 2.10. The molecule has 2 aromatic rings. The van der Waals surface area contributed by atoms with Gasteiger partial charge in [-0.3, -0.25) is 5.43 Å². The van der Waals surface area contributed by atoms with Gasteiger partial charge in [-0.15, -0.1) is 0 Å². The summed E-state index contributed by atoms with van der Waals surface area (Å²) in [4.78, 5) is 22.6. The van der Waals surface area contributed by atoms with Crippen LogP contribution in [0.1, 0.15) is 37.9 Å². The van der Waals surface area contributed by atoms with Crippen molar-refractivity contribution in [2.24, 2.45) is 16.0 Å². The first-order chi connectivity index (χ1) is 15.5. The highest BCUT2D eigenvalue weighted by molar-refractivity contribution is 6.09. The molecule has 0 radical (unpaired) electrons. The van der Waals surface area contributed by atoms with Crippen LogP contribution in [-0.4, -0.2) is 64.6 Å². The Bertz CT molecular complexity index is 1030. The van der Waals surface area contributed by atoms with Crippen LogP contribution in [0.3, 0.4) is 0 Å². The molecule has 1 saturated heterocycles. The van der Waals surface area contributed by atoms with Gasteiger partial charge < -0.3 is 14.5 Å². The van der Waals surface area contributed by atoms with Gasteiger partial charge in [-0.1, -0.05) is 12.1 Å². The molecule has 1 aromatic carbocycles. The van der Waals surface area contributed by atoms with Crippen molar-refractivity contribution in [3.63, 3.8) is 0 Å². The molecule has 2 fully saturated rings. The zero-order chi connectivity index (χ0) is 22.1. The number of aliphatic imine (C=N–C) groups is 1. The number of nitrogens with zero attached hydrogens (tertiary/aromatic N) is 7. The molecule has 1 aromatic heterocycles. The molecule has 0 bridgehead atoms. The molecule has 3 aliphatic rings. The fraction of sp³-hybridized carbons (Fsp3) is 0.500. The van der Waals surface area contributed by atoms with E-state index in [1.807, 2.05) is 6.92 Å². The number of aromatic nitrogens is 3. The molecule has 168 valence electrons. The molecule has 3 heterocycles. The Morgan fingerprint density at radius 1 is 1.09 bits per heavy atom. The Kier molecular flexibility index (Phi) is 5.69. The highest BCUT2D eigenvalue weighted by atomic mass is 19.1. The normalized spacial score (nSPS) is 21.4. The first kappa shape index (κ1) is 20.7. The molecule has 1 saturated carbocycles. The first-order valence-electron chi connectivity index (χ1n) is 11.1. The lowest BCUT2D eigenvalue weighted by atomic mass is 10.1. The summed E-state index contributed by atoms with van der Waals surface area (Å²) in [6.07, 6.45) is 2.74. The lowest BCUT2D eigenvalue weighted by molar-refractivity contribution is 0.206. The van der Waals surface area contributed by atoms with Gasteiger partial charge in [0.1, 0.15) is 17.8 Å². The van der Waals surface area contributed by atoms with Gasteiger partial charge in [0.15, 0.2) is 0 Å². The van der Waals surface area contributed by atoms with Crippen molar-refractivity contribution in [2.75, 3.05) is 38.1 Å². The third-order valence-corrected chi connectivity index (χ3v) is 5.96. The van der Waals surface area contributed by atoms with Crippen molar-refractivity contribution < 1.29 is 9.13 Å². The average molecular weight is 439 g/mol. The molecule has 5 rings (SSSR count). The second-order valence-electron chi connectivity index (χ2n) is 8.54. The summed E-state index contributed by atoms with van der Waals surface area (Å²) in [5.41, 5.74) is 5.00. The molecule has 1 aliphatic carbocycles. The number of hydrazone groups is 1. The van der Waals surface area contributed by atoms with E-state index in [1.54, 1.807) is 12.1 Å². The second kappa shape index (κ2) is 8.78. The van der Waals surface area contributed by atoms with Crippen LogP contribution in [0.5, 0.6) is 6.01 Å². The van der Waals surface area contributed by atoms with Gasteiger partial charge in [0, 0.05) is 38.3 Å². The van der Waals surface area contributed by atoms with Crippen molar-refractivity contribution in [1.82, 2.24) is 25.3 Å². The van der Waals surface area contributed by atoms with Crippen LogP contribution in [0.25, 0.3) is 0 Å². The molecule has 32 heavy (non-hydrogen) atoms. The molecule has 1 N–H and O–H groups in total. The van der Waals surface area contributed by atoms with Crippen LogP contribution in [0.15, 0.2) is 34.4 Å². The molecule has 2 aliphatic heterocycles. The maximum absolute atomic E-state index is 13.3. The zero-order valence-electron chi connectivity index (χ0n) is 18.3.